The summed E-state index contributed by atoms with van der Waals surface area (Å²) in [4.78, 5) is 11.9. The minimum atomic E-state index is 0.0772. The van der Waals surface area contributed by atoms with Crippen molar-refractivity contribution >= 4 is 17.7 Å². The molecule has 15 heavy (non-hydrogen) atoms. The zero-order valence-electron chi connectivity index (χ0n) is 9.13. The fourth-order valence-electron chi connectivity index (χ4n) is 2.22. The first-order valence-corrected chi connectivity index (χ1v) is 7.13. The van der Waals surface area contributed by atoms with Gasteiger partial charge in [-0.25, -0.2) is 0 Å². The van der Waals surface area contributed by atoms with E-state index < -0.39 is 0 Å². The molecule has 2 heterocycles. The van der Waals surface area contributed by atoms with Crippen LogP contribution in [0.3, 0.4) is 0 Å². The van der Waals surface area contributed by atoms with Crippen molar-refractivity contribution in [1.82, 2.24) is 10.6 Å². The summed E-state index contributed by atoms with van der Waals surface area (Å²) in [5.74, 6) is 2.62. The molecule has 3 nitrogen and oxygen atoms in total. The standard InChI is InChI=1S/C11H20N2OS/c14-11(10-3-1-2-6-12-10)13-9-4-7-15-8-5-9/h9-10,12H,1-8H2,(H,13,14)/t10-/m0/s1. The molecule has 0 unspecified atom stereocenters. The summed E-state index contributed by atoms with van der Waals surface area (Å²) in [5.41, 5.74) is 0. The normalized spacial score (nSPS) is 28.7. The largest absolute Gasteiger partial charge is 0.352 e. The number of piperidine rings is 1. The minimum absolute atomic E-state index is 0.0772. The third kappa shape index (κ3) is 3.38. The second-order valence-electron chi connectivity index (χ2n) is 4.40. The van der Waals surface area contributed by atoms with Gasteiger partial charge < -0.3 is 10.6 Å². The topological polar surface area (TPSA) is 41.1 Å². The Morgan fingerprint density at radius 1 is 1.20 bits per heavy atom. The summed E-state index contributed by atoms with van der Waals surface area (Å²) in [6.45, 7) is 0.999. The van der Waals surface area contributed by atoms with Crippen molar-refractivity contribution in [3.8, 4) is 0 Å². The van der Waals surface area contributed by atoms with Gasteiger partial charge in [0.25, 0.3) is 0 Å². The van der Waals surface area contributed by atoms with E-state index in [9.17, 15) is 4.79 Å². The molecule has 2 saturated heterocycles. The van der Waals surface area contributed by atoms with Crippen LogP contribution in [-0.2, 0) is 4.79 Å². The van der Waals surface area contributed by atoms with Gasteiger partial charge in [-0.3, -0.25) is 4.79 Å². The molecule has 0 aromatic carbocycles. The number of nitrogens with one attached hydrogen (secondary N) is 2. The Morgan fingerprint density at radius 2 is 2.00 bits per heavy atom. The molecule has 0 aliphatic carbocycles. The van der Waals surface area contributed by atoms with Gasteiger partial charge >= 0.3 is 0 Å². The molecule has 0 bridgehead atoms. The Bertz CT molecular complexity index is 211. The summed E-state index contributed by atoms with van der Waals surface area (Å²) in [6, 6.07) is 0.510. The maximum Gasteiger partial charge on any atom is 0.237 e. The van der Waals surface area contributed by atoms with Gasteiger partial charge in [0.1, 0.15) is 0 Å². The van der Waals surface area contributed by atoms with Crippen LogP contribution in [-0.4, -0.2) is 36.0 Å². The summed E-state index contributed by atoms with van der Waals surface area (Å²) in [5, 5.41) is 6.46. The van der Waals surface area contributed by atoms with Crippen molar-refractivity contribution in [3.05, 3.63) is 0 Å². The summed E-state index contributed by atoms with van der Waals surface area (Å²) in [7, 11) is 0. The van der Waals surface area contributed by atoms with Gasteiger partial charge in [0.2, 0.25) is 5.91 Å². The molecule has 2 aliphatic rings. The predicted octanol–water partition coefficient (Wildman–Crippen LogP) is 1.14. The first-order chi connectivity index (χ1) is 7.36. The molecule has 86 valence electrons. The van der Waals surface area contributed by atoms with Crippen LogP contribution in [0.25, 0.3) is 0 Å². The van der Waals surface area contributed by atoms with E-state index in [1.54, 1.807) is 0 Å². The van der Waals surface area contributed by atoms with Crippen LogP contribution in [0.1, 0.15) is 32.1 Å². The van der Waals surface area contributed by atoms with Crippen LogP contribution in [0.15, 0.2) is 0 Å². The minimum Gasteiger partial charge on any atom is -0.352 e. The molecule has 0 spiro atoms. The Kier molecular flexibility index (Phi) is 4.32. The van der Waals surface area contributed by atoms with Crippen molar-refractivity contribution in [2.75, 3.05) is 18.1 Å². The monoisotopic (exact) mass is 228 g/mol. The van der Waals surface area contributed by atoms with Crippen LogP contribution < -0.4 is 10.6 Å². The highest BCUT2D eigenvalue weighted by molar-refractivity contribution is 7.99. The van der Waals surface area contributed by atoms with Gasteiger partial charge in [0.05, 0.1) is 6.04 Å². The SMILES string of the molecule is O=C(NC1CCSCC1)[C@@H]1CCCCN1. The average molecular weight is 228 g/mol. The Morgan fingerprint density at radius 3 is 2.67 bits per heavy atom. The van der Waals surface area contributed by atoms with Crippen molar-refractivity contribution in [1.29, 1.82) is 0 Å². The third-order valence-corrected chi connectivity index (χ3v) is 4.24. The molecule has 2 rings (SSSR count). The maximum atomic E-state index is 11.9. The molecule has 4 heteroatoms. The lowest BCUT2D eigenvalue weighted by Crippen LogP contribution is -2.50. The Labute approximate surface area is 95.8 Å². The van der Waals surface area contributed by atoms with Gasteiger partial charge in [-0.2, -0.15) is 11.8 Å². The van der Waals surface area contributed by atoms with Gasteiger partial charge in [0, 0.05) is 6.04 Å². The van der Waals surface area contributed by atoms with Crippen molar-refractivity contribution < 1.29 is 4.79 Å². The molecule has 0 saturated carbocycles. The fourth-order valence-corrected chi connectivity index (χ4v) is 3.33. The number of amides is 1. The molecule has 1 atom stereocenters. The number of rotatable bonds is 2. The van der Waals surface area contributed by atoms with Gasteiger partial charge in [0.15, 0.2) is 0 Å². The Hall–Kier alpha value is -0.220. The summed E-state index contributed by atoms with van der Waals surface area (Å²) in [6.07, 6.45) is 5.69. The lowest BCUT2D eigenvalue weighted by Gasteiger charge is -2.27. The molecular formula is C11H20N2OS. The number of thioether (sulfide) groups is 1. The predicted molar refractivity (Wildman–Crippen MR) is 64.1 cm³/mol. The van der Waals surface area contributed by atoms with Crippen LogP contribution in [0.2, 0.25) is 0 Å². The van der Waals surface area contributed by atoms with Gasteiger partial charge in [-0.15, -0.1) is 0 Å². The second kappa shape index (κ2) is 5.75. The molecule has 2 N–H and O–H groups in total. The number of hydrogen-bond acceptors (Lipinski definition) is 3. The van der Waals surface area contributed by atoms with Gasteiger partial charge in [-0.05, 0) is 43.7 Å². The average Bonchev–Trinajstić information content (AvgIpc) is 2.31. The molecule has 2 aliphatic heterocycles. The third-order valence-electron chi connectivity index (χ3n) is 3.19. The number of hydrogen-bond donors (Lipinski definition) is 2. The maximum absolute atomic E-state index is 11.9. The highest BCUT2D eigenvalue weighted by atomic mass is 32.2. The van der Waals surface area contributed by atoms with E-state index in [2.05, 4.69) is 10.6 Å². The lowest BCUT2D eigenvalue weighted by atomic mass is 10.0. The molecule has 0 radical (unpaired) electrons. The van der Waals surface area contributed by atoms with Gasteiger partial charge in [-0.1, -0.05) is 6.42 Å². The van der Waals surface area contributed by atoms with Crippen LogP contribution in [0, 0.1) is 0 Å². The van der Waals surface area contributed by atoms with Crippen molar-refractivity contribution in [2.24, 2.45) is 0 Å². The first-order valence-electron chi connectivity index (χ1n) is 5.98. The number of carbonyl (C=O) groups is 1. The summed E-state index contributed by atoms with van der Waals surface area (Å²) < 4.78 is 0. The quantitative estimate of drug-likeness (QED) is 0.745. The van der Waals surface area contributed by atoms with E-state index in [4.69, 9.17) is 0 Å². The number of carbonyl (C=O) groups excluding carboxylic acids is 1. The van der Waals surface area contributed by atoms with E-state index in [1.807, 2.05) is 11.8 Å². The summed E-state index contributed by atoms with van der Waals surface area (Å²) >= 11 is 1.99. The highest BCUT2D eigenvalue weighted by Crippen LogP contribution is 2.17. The zero-order valence-corrected chi connectivity index (χ0v) is 9.94. The van der Waals surface area contributed by atoms with E-state index >= 15 is 0 Å². The van der Waals surface area contributed by atoms with E-state index in [1.165, 1.54) is 24.3 Å². The fraction of sp³-hybridized carbons (Fsp3) is 0.909. The molecule has 0 aromatic rings. The van der Waals surface area contributed by atoms with E-state index in [0.717, 1.165) is 25.8 Å². The van der Waals surface area contributed by atoms with Crippen molar-refractivity contribution in [3.63, 3.8) is 0 Å². The van der Waals surface area contributed by atoms with E-state index in [0.29, 0.717) is 6.04 Å². The lowest BCUT2D eigenvalue weighted by molar-refractivity contribution is -0.124. The first kappa shape index (κ1) is 11.3. The van der Waals surface area contributed by atoms with Crippen LogP contribution >= 0.6 is 11.8 Å². The zero-order chi connectivity index (χ0) is 10.5. The molecule has 2 fully saturated rings. The second-order valence-corrected chi connectivity index (χ2v) is 5.62. The van der Waals surface area contributed by atoms with Crippen LogP contribution in [0.5, 0.6) is 0 Å². The van der Waals surface area contributed by atoms with Crippen molar-refractivity contribution in [2.45, 2.75) is 44.2 Å². The molecular weight excluding hydrogens is 208 g/mol. The smallest absolute Gasteiger partial charge is 0.237 e. The molecule has 0 aromatic heterocycles. The Balaban J connectivity index is 1.74. The highest BCUT2D eigenvalue weighted by Gasteiger charge is 2.23. The van der Waals surface area contributed by atoms with Crippen LogP contribution in [0.4, 0.5) is 0 Å². The van der Waals surface area contributed by atoms with E-state index in [-0.39, 0.29) is 11.9 Å². The molecule has 1 amide bonds.